The van der Waals surface area contributed by atoms with Gasteiger partial charge in [-0.1, -0.05) is 6.07 Å². The van der Waals surface area contributed by atoms with E-state index >= 15 is 0 Å². The van der Waals surface area contributed by atoms with E-state index in [2.05, 4.69) is 16.4 Å². The number of nitrogens with zero attached hydrogens (tertiary/aromatic N) is 1. The summed E-state index contributed by atoms with van der Waals surface area (Å²) in [6.07, 6.45) is 3.15. The summed E-state index contributed by atoms with van der Waals surface area (Å²) < 4.78 is 0. The van der Waals surface area contributed by atoms with Crippen molar-refractivity contribution in [3.05, 3.63) is 29.6 Å². The van der Waals surface area contributed by atoms with E-state index < -0.39 is 0 Å². The highest BCUT2D eigenvalue weighted by Crippen LogP contribution is 2.38. The van der Waals surface area contributed by atoms with E-state index in [0.29, 0.717) is 5.92 Å². The third-order valence-electron chi connectivity index (χ3n) is 3.10. The van der Waals surface area contributed by atoms with Gasteiger partial charge in [-0.2, -0.15) is 0 Å². The maximum absolute atomic E-state index is 4.46. The number of pyridine rings is 1. The van der Waals surface area contributed by atoms with Gasteiger partial charge in [0.15, 0.2) is 0 Å². The van der Waals surface area contributed by atoms with Crippen molar-refractivity contribution in [2.24, 2.45) is 5.92 Å². The van der Waals surface area contributed by atoms with E-state index in [4.69, 9.17) is 0 Å². The van der Waals surface area contributed by atoms with Crippen LogP contribution in [0.3, 0.4) is 0 Å². The lowest BCUT2D eigenvalue weighted by Crippen LogP contribution is -2.10. The minimum absolute atomic E-state index is 0.709. The van der Waals surface area contributed by atoms with Gasteiger partial charge in [0.1, 0.15) is 0 Å². The molecule has 2 atom stereocenters. The van der Waals surface area contributed by atoms with E-state index in [1.54, 1.807) is 0 Å². The van der Waals surface area contributed by atoms with E-state index in [1.165, 1.54) is 24.2 Å². The predicted octanol–water partition coefficient (Wildman–Crippen LogP) is 0.941. The highest BCUT2D eigenvalue weighted by atomic mass is 14.9. The molecule has 1 aromatic rings. The van der Waals surface area contributed by atoms with Crippen LogP contribution in [0.2, 0.25) is 0 Å². The van der Waals surface area contributed by atoms with Crippen molar-refractivity contribution in [1.29, 1.82) is 0 Å². The van der Waals surface area contributed by atoms with Crippen LogP contribution in [0.1, 0.15) is 17.2 Å². The Bertz CT molecular complexity index is 308. The topological polar surface area (TPSA) is 24.9 Å². The van der Waals surface area contributed by atoms with E-state index in [0.717, 1.165) is 12.5 Å². The fourth-order valence-corrected chi connectivity index (χ4v) is 2.51. The first-order valence-electron chi connectivity index (χ1n) is 4.59. The Kier molecular flexibility index (Phi) is 1.27. The second-order valence-corrected chi connectivity index (χ2v) is 3.78. The molecule has 1 N–H and O–H groups in total. The Morgan fingerprint density at radius 3 is 3.42 bits per heavy atom. The summed E-state index contributed by atoms with van der Waals surface area (Å²) in [6.45, 7) is 2.32. The fraction of sp³-hybridized carbons (Fsp3) is 0.500. The summed E-state index contributed by atoms with van der Waals surface area (Å²) in [5, 5.41) is 3.43. The molecule has 1 aliphatic carbocycles. The minimum Gasteiger partial charge on any atom is -0.316 e. The number of hydrogen-bond acceptors (Lipinski definition) is 2. The quantitative estimate of drug-likeness (QED) is 0.611. The van der Waals surface area contributed by atoms with Gasteiger partial charge >= 0.3 is 0 Å². The van der Waals surface area contributed by atoms with Crippen molar-refractivity contribution in [2.75, 3.05) is 13.1 Å². The van der Waals surface area contributed by atoms with Crippen LogP contribution < -0.4 is 5.32 Å². The molecule has 12 heavy (non-hydrogen) atoms. The van der Waals surface area contributed by atoms with Crippen LogP contribution in [-0.2, 0) is 6.42 Å². The van der Waals surface area contributed by atoms with E-state index in [9.17, 15) is 0 Å². The van der Waals surface area contributed by atoms with Gasteiger partial charge in [-0.15, -0.1) is 0 Å². The molecular formula is C10H12N2. The van der Waals surface area contributed by atoms with E-state index in [-0.39, 0.29) is 0 Å². The van der Waals surface area contributed by atoms with Crippen molar-refractivity contribution in [3.8, 4) is 0 Å². The fourth-order valence-electron chi connectivity index (χ4n) is 2.51. The summed E-state index contributed by atoms with van der Waals surface area (Å²) in [5.74, 6) is 1.54. The molecule has 2 aliphatic rings. The molecular weight excluding hydrogens is 148 g/mol. The van der Waals surface area contributed by atoms with Gasteiger partial charge in [-0.25, -0.2) is 0 Å². The highest BCUT2D eigenvalue weighted by Gasteiger charge is 2.36. The predicted molar refractivity (Wildman–Crippen MR) is 47.0 cm³/mol. The molecule has 1 aliphatic heterocycles. The lowest BCUT2D eigenvalue weighted by molar-refractivity contribution is 0.559. The zero-order chi connectivity index (χ0) is 7.97. The van der Waals surface area contributed by atoms with Crippen LogP contribution in [-0.4, -0.2) is 18.1 Å². The van der Waals surface area contributed by atoms with Gasteiger partial charge < -0.3 is 5.32 Å². The van der Waals surface area contributed by atoms with Gasteiger partial charge in [0.05, 0.1) is 0 Å². The van der Waals surface area contributed by atoms with Crippen LogP contribution in [0.25, 0.3) is 0 Å². The van der Waals surface area contributed by atoms with Crippen molar-refractivity contribution >= 4 is 0 Å². The van der Waals surface area contributed by atoms with Crippen molar-refractivity contribution in [3.63, 3.8) is 0 Å². The maximum Gasteiger partial charge on any atom is 0.0482 e. The molecule has 0 saturated carbocycles. The monoisotopic (exact) mass is 160 g/mol. The number of hydrogen-bond donors (Lipinski definition) is 1. The largest absolute Gasteiger partial charge is 0.316 e. The Morgan fingerprint density at radius 1 is 1.42 bits per heavy atom. The lowest BCUT2D eigenvalue weighted by Gasteiger charge is -2.05. The third-order valence-corrected chi connectivity index (χ3v) is 3.10. The molecule has 2 heteroatoms. The molecule has 1 fully saturated rings. The van der Waals surface area contributed by atoms with Crippen molar-refractivity contribution in [2.45, 2.75) is 12.3 Å². The molecule has 3 rings (SSSR count). The molecule has 0 radical (unpaired) electrons. The molecule has 2 heterocycles. The summed E-state index contributed by atoms with van der Waals surface area (Å²) in [7, 11) is 0. The van der Waals surface area contributed by atoms with Crippen LogP contribution in [0, 0.1) is 5.92 Å². The Morgan fingerprint density at radius 2 is 2.42 bits per heavy atom. The normalized spacial score (nSPS) is 31.7. The van der Waals surface area contributed by atoms with Gasteiger partial charge in [0.25, 0.3) is 0 Å². The first kappa shape index (κ1) is 6.61. The molecule has 0 amide bonds. The molecule has 1 saturated heterocycles. The summed E-state index contributed by atoms with van der Waals surface area (Å²) >= 11 is 0. The zero-order valence-electron chi connectivity index (χ0n) is 6.96. The first-order valence-corrected chi connectivity index (χ1v) is 4.59. The molecule has 62 valence electrons. The molecule has 0 bridgehead atoms. The second kappa shape index (κ2) is 2.30. The van der Waals surface area contributed by atoms with Crippen LogP contribution in [0.4, 0.5) is 0 Å². The van der Waals surface area contributed by atoms with Gasteiger partial charge in [-0.3, -0.25) is 4.98 Å². The van der Waals surface area contributed by atoms with Crippen LogP contribution in [0.15, 0.2) is 18.3 Å². The smallest absolute Gasteiger partial charge is 0.0482 e. The number of aromatic nitrogens is 1. The zero-order valence-corrected chi connectivity index (χ0v) is 6.96. The average Bonchev–Trinajstić information content (AvgIpc) is 2.62. The highest BCUT2D eigenvalue weighted by molar-refractivity contribution is 5.32. The maximum atomic E-state index is 4.46. The lowest BCUT2D eigenvalue weighted by atomic mass is 9.99. The Labute approximate surface area is 72.0 Å². The number of rotatable bonds is 0. The third kappa shape index (κ3) is 0.758. The average molecular weight is 160 g/mol. The standard InChI is InChI=1S/C10H12N2/c1-2-7-4-8-5-11-6-9(8)10(7)12-3-1/h1-3,8-9,11H,4-6H2/t8-,9+/m1/s1. The number of nitrogens with one attached hydrogen (secondary N) is 1. The Hall–Kier alpha value is -0.890. The molecule has 0 aromatic carbocycles. The molecule has 0 spiro atoms. The second-order valence-electron chi connectivity index (χ2n) is 3.78. The van der Waals surface area contributed by atoms with E-state index in [1.807, 2.05) is 12.3 Å². The van der Waals surface area contributed by atoms with Gasteiger partial charge in [0.2, 0.25) is 0 Å². The summed E-state index contributed by atoms with van der Waals surface area (Å²) in [5.41, 5.74) is 2.83. The van der Waals surface area contributed by atoms with Crippen molar-refractivity contribution in [1.82, 2.24) is 10.3 Å². The molecule has 1 aromatic heterocycles. The van der Waals surface area contributed by atoms with Gasteiger partial charge in [-0.05, 0) is 30.5 Å². The summed E-state index contributed by atoms with van der Waals surface area (Å²) in [6, 6.07) is 4.27. The molecule has 2 nitrogen and oxygen atoms in total. The van der Waals surface area contributed by atoms with Crippen LogP contribution in [0.5, 0.6) is 0 Å². The van der Waals surface area contributed by atoms with Gasteiger partial charge in [0, 0.05) is 24.4 Å². The number of fused-ring (bicyclic) bond motifs is 3. The summed E-state index contributed by atoms with van der Waals surface area (Å²) in [4.78, 5) is 4.46. The molecule has 0 unspecified atom stereocenters. The van der Waals surface area contributed by atoms with Crippen LogP contribution >= 0.6 is 0 Å². The first-order chi connectivity index (χ1) is 5.95. The SMILES string of the molecule is c1cnc2c(c1)C[C@@H]1CNC[C@H]21. The van der Waals surface area contributed by atoms with Crippen molar-refractivity contribution < 1.29 is 0 Å². The Balaban J connectivity index is 2.09. The minimum atomic E-state index is 0.709.